The van der Waals surface area contributed by atoms with E-state index in [1.54, 1.807) is 12.1 Å². The Bertz CT molecular complexity index is 759. The van der Waals surface area contributed by atoms with E-state index in [-0.39, 0.29) is 23.8 Å². The quantitative estimate of drug-likeness (QED) is 0.459. The highest BCUT2D eigenvalue weighted by Gasteiger charge is 2.17. The zero-order valence-electron chi connectivity index (χ0n) is 13.8. The Balaban J connectivity index is 2.26. The third-order valence-corrected chi connectivity index (χ3v) is 3.86. The van der Waals surface area contributed by atoms with Crippen LogP contribution in [0.25, 0.3) is 0 Å². The molecule has 0 fully saturated rings. The molecule has 0 spiro atoms. The highest BCUT2D eigenvalue weighted by Crippen LogP contribution is 2.37. The number of carbonyl (C=O) groups excluding carboxylic acids is 1. The van der Waals surface area contributed by atoms with Gasteiger partial charge in [-0.25, -0.2) is 4.79 Å². The monoisotopic (exact) mass is 380 g/mol. The Morgan fingerprint density at radius 2 is 1.92 bits per heavy atom. The van der Waals surface area contributed by atoms with Crippen molar-refractivity contribution in [2.24, 2.45) is 0 Å². The van der Waals surface area contributed by atoms with E-state index in [2.05, 4.69) is 6.58 Å². The number of rotatable bonds is 8. The molecule has 0 aromatic heterocycles. The fraction of sp³-hybridized carbons (Fsp3) is 0.211. The molecule has 0 heterocycles. The number of benzene rings is 2. The molecular formula is C19H18Cl2O4. The summed E-state index contributed by atoms with van der Waals surface area (Å²) in [6.07, 6.45) is 1.49. The van der Waals surface area contributed by atoms with E-state index < -0.39 is 5.97 Å². The third-order valence-electron chi connectivity index (χ3n) is 3.21. The highest BCUT2D eigenvalue weighted by atomic mass is 35.5. The van der Waals surface area contributed by atoms with E-state index in [4.69, 9.17) is 37.4 Å². The van der Waals surface area contributed by atoms with Crippen LogP contribution in [-0.2, 0) is 11.3 Å². The number of ether oxygens (including phenoxy) is 3. The third kappa shape index (κ3) is 5.15. The van der Waals surface area contributed by atoms with E-state index in [0.29, 0.717) is 23.1 Å². The average Bonchev–Trinajstić information content (AvgIpc) is 2.60. The minimum absolute atomic E-state index is 0.116. The standard InChI is InChI=1S/C19H18Cl2O4/c1-3-9-24-19(22)14-10-16(21)18(17(11-14)23-4-2)25-12-13-7-5-6-8-15(13)20/h3,5-8,10-11H,1,4,9,12H2,2H3. The van der Waals surface area contributed by atoms with E-state index >= 15 is 0 Å². The summed E-state index contributed by atoms with van der Waals surface area (Å²) in [4.78, 5) is 12.0. The topological polar surface area (TPSA) is 44.8 Å². The minimum Gasteiger partial charge on any atom is -0.490 e. The molecule has 0 saturated carbocycles. The Morgan fingerprint density at radius 3 is 2.60 bits per heavy atom. The van der Waals surface area contributed by atoms with Crippen molar-refractivity contribution < 1.29 is 19.0 Å². The first-order chi connectivity index (χ1) is 12.1. The fourth-order valence-corrected chi connectivity index (χ4v) is 2.53. The Labute approximate surface area is 156 Å². The van der Waals surface area contributed by atoms with E-state index in [1.165, 1.54) is 12.1 Å². The Kier molecular flexibility index (Phi) is 7.16. The van der Waals surface area contributed by atoms with Gasteiger partial charge < -0.3 is 14.2 Å². The van der Waals surface area contributed by atoms with Gasteiger partial charge in [0.05, 0.1) is 17.2 Å². The normalized spacial score (nSPS) is 10.2. The molecule has 132 valence electrons. The highest BCUT2D eigenvalue weighted by molar-refractivity contribution is 6.32. The van der Waals surface area contributed by atoms with Crippen LogP contribution in [0.4, 0.5) is 0 Å². The van der Waals surface area contributed by atoms with Gasteiger partial charge in [-0.2, -0.15) is 0 Å². The van der Waals surface area contributed by atoms with Crippen molar-refractivity contribution in [1.82, 2.24) is 0 Å². The predicted molar refractivity (Wildman–Crippen MR) is 98.9 cm³/mol. The zero-order chi connectivity index (χ0) is 18.2. The average molecular weight is 381 g/mol. The first kappa shape index (κ1) is 19.2. The lowest BCUT2D eigenvalue weighted by Gasteiger charge is -2.15. The molecule has 0 aliphatic rings. The summed E-state index contributed by atoms with van der Waals surface area (Å²) in [5.41, 5.74) is 1.09. The van der Waals surface area contributed by atoms with Crippen LogP contribution < -0.4 is 9.47 Å². The van der Waals surface area contributed by atoms with Crippen LogP contribution in [0.2, 0.25) is 10.0 Å². The van der Waals surface area contributed by atoms with E-state index in [1.807, 2.05) is 25.1 Å². The van der Waals surface area contributed by atoms with Gasteiger partial charge in [0.1, 0.15) is 13.2 Å². The molecular weight excluding hydrogens is 363 g/mol. The Hall–Kier alpha value is -2.17. The smallest absolute Gasteiger partial charge is 0.338 e. The molecule has 0 aliphatic carbocycles. The van der Waals surface area contributed by atoms with Crippen LogP contribution in [0.15, 0.2) is 49.1 Å². The van der Waals surface area contributed by atoms with Gasteiger partial charge in [-0.05, 0) is 25.1 Å². The largest absolute Gasteiger partial charge is 0.490 e. The molecule has 0 radical (unpaired) electrons. The second kappa shape index (κ2) is 9.35. The molecule has 2 aromatic rings. The molecule has 25 heavy (non-hydrogen) atoms. The van der Waals surface area contributed by atoms with Crippen LogP contribution in [0.3, 0.4) is 0 Å². The molecule has 0 bridgehead atoms. The van der Waals surface area contributed by atoms with Crippen molar-refractivity contribution >= 4 is 29.2 Å². The lowest BCUT2D eigenvalue weighted by Crippen LogP contribution is -2.07. The number of hydrogen-bond donors (Lipinski definition) is 0. The maximum Gasteiger partial charge on any atom is 0.338 e. The zero-order valence-corrected chi connectivity index (χ0v) is 15.3. The van der Waals surface area contributed by atoms with Crippen molar-refractivity contribution in [3.63, 3.8) is 0 Å². The molecule has 0 unspecified atom stereocenters. The number of hydrogen-bond acceptors (Lipinski definition) is 4. The summed E-state index contributed by atoms with van der Waals surface area (Å²) in [5.74, 6) is 0.205. The molecule has 0 saturated heterocycles. The van der Waals surface area contributed by atoms with Gasteiger partial charge in [-0.3, -0.25) is 0 Å². The molecule has 0 atom stereocenters. The van der Waals surface area contributed by atoms with E-state index in [0.717, 1.165) is 5.56 Å². The first-order valence-electron chi connectivity index (χ1n) is 7.67. The lowest BCUT2D eigenvalue weighted by molar-refractivity contribution is 0.0549. The van der Waals surface area contributed by atoms with Crippen LogP contribution >= 0.6 is 23.2 Å². The van der Waals surface area contributed by atoms with Gasteiger partial charge in [-0.1, -0.05) is 54.1 Å². The van der Waals surface area contributed by atoms with Gasteiger partial charge in [0, 0.05) is 10.6 Å². The number of esters is 1. The van der Waals surface area contributed by atoms with Gasteiger partial charge in [0.15, 0.2) is 11.5 Å². The summed E-state index contributed by atoms with van der Waals surface area (Å²) in [6.45, 7) is 6.07. The van der Waals surface area contributed by atoms with Crippen molar-refractivity contribution in [2.75, 3.05) is 13.2 Å². The van der Waals surface area contributed by atoms with Crippen LogP contribution in [0.1, 0.15) is 22.8 Å². The maximum absolute atomic E-state index is 12.0. The molecule has 6 heteroatoms. The molecule has 0 aliphatic heterocycles. The Morgan fingerprint density at radius 1 is 1.16 bits per heavy atom. The number of carbonyl (C=O) groups is 1. The number of halogens is 2. The van der Waals surface area contributed by atoms with Gasteiger partial charge >= 0.3 is 5.97 Å². The summed E-state index contributed by atoms with van der Waals surface area (Å²) in [5, 5.41) is 0.852. The van der Waals surface area contributed by atoms with Crippen molar-refractivity contribution in [2.45, 2.75) is 13.5 Å². The summed E-state index contributed by atoms with van der Waals surface area (Å²) < 4.78 is 16.4. The second-order valence-electron chi connectivity index (χ2n) is 4.99. The minimum atomic E-state index is -0.514. The van der Waals surface area contributed by atoms with Gasteiger partial charge in [-0.15, -0.1) is 0 Å². The van der Waals surface area contributed by atoms with Crippen molar-refractivity contribution in [3.05, 3.63) is 70.2 Å². The molecule has 0 N–H and O–H groups in total. The van der Waals surface area contributed by atoms with Crippen LogP contribution in [0.5, 0.6) is 11.5 Å². The summed E-state index contributed by atoms with van der Waals surface area (Å²) >= 11 is 12.4. The summed E-state index contributed by atoms with van der Waals surface area (Å²) in [7, 11) is 0. The second-order valence-corrected chi connectivity index (χ2v) is 5.80. The van der Waals surface area contributed by atoms with Crippen molar-refractivity contribution in [1.29, 1.82) is 0 Å². The molecule has 0 amide bonds. The fourth-order valence-electron chi connectivity index (χ4n) is 2.07. The molecule has 4 nitrogen and oxygen atoms in total. The van der Waals surface area contributed by atoms with Crippen LogP contribution in [-0.4, -0.2) is 19.2 Å². The molecule has 2 aromatic carbocycles. The van der Waals surface area contributed by atoms with Gasteiger partial charge in [0.25, 0.3) is 0 Å². The van der Waals surface area contributed by atoms with E-state index in [9.17, 15) is 4.79 Å². The van der Waals surface area contributed by atoms with Crippen LogP contribution in [0, 0.1) is 0 Å². The predicted octanol–water partition coefficient (Wildman–Crippen LogP) is 5.31. The molecule has 2 rings (SSSR count). The van der Waals surface area contributed by atoms with Gasteiger partial charge in [0.2, 0.25) is 0 Å². The maximum atomic E-state index is 12.0. The summed E-state index contributed by atoms with van der Waals surface area (Å²) in [6, 6.07) is 10.4. The first-order valence-corrected chi connectivity index (χ1v) is 8.43. The lowest BCUT2D eigenvalue weighted by atomic mass is 10.2. The SMILES string of the molecule is C=CCOC(=O)c1cc(Cl)c(OCc2ccccc2Cl)c(OCC)c1. The van der Waals surface area contributed by atoms with Crippen molar-refractivity contribution in [3.8, 4) is 11.5 Å².